The molecule has 0 unspecified atom stereocenters. The van der Waals surface area contributed by atoms with Gasteiger partial charge in [-0.15, -0.1) is 0 Å². The maximum Gasteiger partial charge on any atom is 0.345 e. The Balaban J connectivity index is 2.03. The van der Waals surface area contributed by atoms with Gasteiger partial charge in [-0.3, -0.25) is 0 Å². The molecule has 0 bridgehead atoms. The minimum Gasteiger partial charge on any atom is -0.496 e. The zero-order valence-electron chi connectivity index (χ0n) is 12.2. The number of carboxylic acids is 1. The largest absolute Gasteiger partial charge is 0.496 e. The number of nitrogens with two attached hydrogens (primary N) is 1. The zero-order chi connectivity index (χ0) is 15.9. The highest BCUT2D eigenvalue weighted by Crippen LogP contribution is 2.25. The lowest BCUT2D eigenvalue weighted by Crippen LogP contribution is -2.30. The van der Waals surface area contributed by atoms with E-state index in [1.807, 2.05) is 30.3 Å². The number of aromatic carboxylic acids is 1. The number of aromatic nitrogens is 1. The van der Waals surface area contributed by atoms with Gasteiger partial charge in [0.05, 0.1) is 7.11 Å². The Bertz CT molecular complexity index is 631. The number of hydrogen-bond acceptors (Lipinski definition) is 5. The van der Waals surface area contributed by atoms with Crippen molar-refractivity contribution in [3.63, 3.8) is 0 Å². The SMILES string of the molecule is COc1ccnc(OC[C@H](N)Cc2ccccc2)c1C(=O)O. The van der Waals surface area contributed by atoms with Crippen LogP contribution in [0.2, 0.25) is 0 Å². The van der Waals surface area contributed by atoms with Gasteiger partial charge in [0.1, 0.15) is 12.4 Å². The monoisotopic (exact) mass is 302 g/mol. The predicted octanol–water partition coefficient (Wildman–Crippen LogP) is 1.74. The lowest BCUT2D eigenvalue weighted by molar-refractivity contribution is 0.0686. The summed E-state index contributed by atoms with van der Waals surface area (Å²) in [6.07, 6.45) is 2.07. The number of hydrogen-bond donors (Lipinski definition) is 2. The van der Waals surface area contributed by atoms with Gasteiger partial charge < -0.3 is 20.3 Å². The number of nitrogens with zero attached hydrogens (tertiary/aromatic N) is 1. The van der Waals surface area contributed by atoms with Gasteiger partial charge >= 0.3 is 5.97 Å². The molecule has 0 aliphatic rings. The van der Waals surface area contributed by atoms with Crippen LogP contribution in [0.5, 0.6) is 11.6 Å². The van der Waals surface area contributed by atoms with Crippen molar-refractivity contribution in [1.82, 2.24) is 4.98 Å². The third-order valence-corrected chi connectivity index (χ3v) is 3.09. The lowest BCUT2D eigenvalue weighted by Gasteiger charge is -2.15. The number of methoxy groups -OCH3 is 1. The fourth-order valence-corrected chi connectivity index (χ4v) is 2.06. The van der Waals surface area contributed by atoms with Crippen LogP contribution in [0.1, 0.15) is 15.9 Å². The van der Waals surface area contributed by atoms with E-state index < -0.39 is 5.97 Å². The second-order valence-corrected chi connectivity index (χ2v) is 4.76. The minimum atomic E-state index is -1.16. The molecule has 2 rings (SSSR count). The Hall–Kier alpha value is -2.60. The third kappa shape index (κ3) is 3.95. The third-order valence-electron chi connectivity index (χ3n) is 3.09. The van der Waals surface area contributed by atoms with Gasteiger partial charge in [0.25, 0.3) is 0 Å². The van der Waals surface area contributed by atoms with Gasteiger partial charge in [0.15, 0.2) is 5.56 Å². The number of ether oxygens (including phenoxy) is 2. The quantitative estimate of drug-likeness (QED) is 0.809. The predicted molar refractivity (Wildman–Crippen MR) is 81.4 cm³/mol. The average molecular weight is 302 g/mol. The van der Waals surface area contributed by atoms with Crippen LogP contribution >= 0.6 is 0 Å². The number of benzene rings is 1. The van der Waals surface area contributed by atoms with E-state index in [9.17, 15) is 9.90 Å². The molecule has 116 valence electrons. The average Bonchev–Trinajstić information content (AvgIpc) is 2.53. The number of carboxylic acid groups (broad SMARTS) is 1. The highest BCUT2D eigenvalue weighted by atomic mass is 16.5. The van der Waals surface area contributed by atoms with Crippen LogP contribution in [0.4, 0.5) is 0 Å². The summed E-state index contributed by atoms with van der Waals surface area (Å²) in [7, 11) is 1.40. The van der Waals surface area contributed by atoms with Crippen LogP contribution < -0.4 is 15.2 Å². The summed E-state index contributed by atoms with van der Waals surface area (Å²) < 4.78 is 10.5. The molecule has 22 heavy (non-hydrogen) atoms. The molecule has 0 aliphatic carbocycles. The molecule has 1 aromatic heterocycles. The fourth-order valence-electron chi connectivity index (χ4n) is 2.06. The van der Waals surface area contributed by atoms with Crippen LogP contribution in [0.3, 0.4) is 0 Å². The topological polar surface area (TPSA) is 94.7 Å². The molecule has 0 aliphatic heterocycles. The molecule has 3 N–H and O–H groups in total. The molecule has 0 radical (unpaired) electrons. The summed E-state index contributed by atoms with van der Waals surface area (Å²) in [5.74, 6) is -0.943. The van der Waals surface area contributed by atoms with Crippen molar-refractivity contribution in [1.29, 1.82) is 0 Å². The van der Waals surface area contributed by atoms with E-state index in [1.165, 1.54) is 19.4 Å². The summed E-state index contributed by atoms with van der Waals surface area (Å²) in [6.45, 7) is 0.162. The van der Waals surface area contributed by atoms with Gasteiger partial charge in [-0.25, -0.2) is 9.78 Å². The molecule has 1 atom stereocenters. The van der Waals surface area contributed by atoms with E-state index in [-0.39, 0.29) is 29.8 Å². The summed E-state index contributed by atoms with van der Waals surface area (Å²) in [4.78, 5) is 15.3. The summed E-state index contributed by atoms with van der Waals surface area (Å²) in [5, 5.41) is 9.25. The molecule has 0 saturated heterocycles. The summed E-state index contributed by atoms with van der Waals surface area (Å²) in [5.41, 5.74) is 7.01. The van der Waals surface area contributed by atoms with Crippen molar-refractivity contribution in [3.05, 3.63) is 53.7 Å². The second kappa shape index (κ2) is 7.42. The first kappa shape index (κ1) is 15.8. The van der Waals surface area contributed by atoms with Crippen LogP contribution in [0.15, 0.2) is 42.6 Å². The van der Waals surface area contributed by atoms with Gasteiger partial charge in [0.2, 0.25) is 5.88 Å². The molecule has 0 amide bonds. The molecular weight excluding hydrogens is 284 g/mol. The highest BCUT2D eigenvalue weighted by Gasteiger charge is 2.19. The van der Waals surface area contributed by atoms with E-state index in [0.29, 0.717) is 6.42 Å². The molecule has 0 saturated carbocycles. The number of carbonyl (C=O) groups is 1. The van der Waals surface area contributed by atoms with Gasteiger partial charge in [-0.1, -0.05) is 30.3 Å². The Kier molecular flexibility index (Phi) is 5.32. The molecule has 6 nitrogen and oxygen atoms in total. The molecule has 0 spiro atoms. The molecule has 1 aromatic carbocycles. The first-order chi connectivity index (χ1) is 10.6. The minimum absolute atomic E-state index is 0.00959. The van der Waals surface area contributed by atoms with Gasteiger partial charge in [-0.2, -0.15) is 0 Å². The van der Waals surface area contributed by atoms with Gasteiger partial charge in [0, 0.05) is 12.2 Å². The molecule has 2 aromatic rings. The Morgan fingerprint density at radius 1 is 1.32 bits per heavy atom. The van der Waals surface area contributed by atoms with E-state index in [0.717, 1.165) is 5.56 Å². The summed E-state index contributed by atoms with van der Waals surface area (Å²) in [6, 6.07) is 11.0. The lowest BCUT2D eigenvalue weighted by atomic mass is 10.1. The normalized spacial score (nSPS) is 11.7. The molecular formula is C16H18N2O4. The Labute approximate surface area is 128 Å². The van der Waals surface area contributed by atoms with E-state index in [4.69, 9.17) is 15.2 Å². The smallest absolute Gasteiger partial charge is 0.345 e. The van der Waals surface area contributed by atoms with Gasteiger partial charge in [-0.05, 0) is 18.1 Å². The van der Waals surface area contributed by atoms with E-state index in [1.54, 1.807) is 0 Å². The molecule has 0 fully saturated rings. The maximum absolute atomic E-state index is 11.3. The first-order valence-electron chi connectivity index (χ1n) is 6.80. The molecule has 6 heteroatoms. The maximum atomic E-state index is 11.3. The number of pyridine rings is 1. The fraction of sp³-hybridized carbons (Fsp3) is 0.250. The second-order valence-electron chi connectivity index (χ2n) is 4.76. The summed E-state index contributed by atoms with van der Waals surface area (Å²) >= 11 is 0. The van der Waals surface area contributed by atoms with Crippen molar-refractivity contribution in [2.24, 2.45) is 5.73 Å². The first-order valence-corrected chi connectivity index (χ1v) is 6.80. The van der Waals surface area contributed by atoms with Crippen LogP contribution in [-0.4, -0.2) is 35.8 Å². The van der Waals surface area contributed by atoms with E-state index in [2.05, 4.69) is 4.98 Å². The van der Waals surface area contributed by atoms with E-state index >= 15 is 0 Å². The van der Waals surface area contributed by atoms with Crippen molar-refractivity contribution in [3.8, 4) is 11.6 Å². The van der Waals surface area contributed by atoms with Crippen LogP contribution in [0.25, 0.3) is 0 Å². The van der Waals surface area contributed by atoms with Crippen LogP contribution in [0, 0.1) is 0 Å². The van der Waals surface area contributed by atoms with Crippen molar-refractivity contribution in [2.75, 3.05) is 13.7 Å². The number of rotatable bonds is 7. The standard InChI is InChI=1S/C16H18N2O4/c1-21-13-7-8-18-15(14(13)16(19)20)22-10-12(17)9-11-5-3-2-4-6-11/h2-8,12H,9-10,17H2,1H3,(H,19,20)/t12-/m1/s1. The van der Waals surface area contributed by atoms with Crippen LogP contribution in [-0.2, 0) is 6.42 Å². The van der Waals surface area contributed by atoms with Crippen molar-refractivity contribution in [2.45, 2.75) is 12.5 Å². The highest BCUT2D eigenvalue weighted by molar-refractivity contribution is 5.93. The Morgan fingerprint density at radius 2 is 2.05 bits per heavy atom. The van der Waals surface area contributed by atoms with Crippen molar-refractivity contribution < 1.29 is 19.4 Å². The van der Waals surface area contributed by atoms with Crippen molar-refractivity contribution >= 4 is 5.97 Å². The Morgan fingerprint density at radius 3 is 2.68 bits per heavy atom. The molecule has 1 heterocycles. The zero-order valence-corrected chi connectivity index (χ0v) is 12.2.